The number of phenolic OH excluding ortho intramolecular Hbond substituents is 1. The molecule has 0 saturated heterocycles. The molecule has 2 atom stereocenters. The zero-order valence-corrected chi connectivity index (χ0v) is 12.7. The molecule has 0 saturated carbocycles. The van der Waals surface area contributed by atoms with Crippen LogP contribution < -0.4 is 5.32 Å². The van der Waals surface area contributed by atoms with Gasteiger partial charge in [0.2, 0.25) is 0 Å². The van der Waals surface area contributed by atoms with Gasteiger partial charge in [0.25, 0.3) is 0 Å². The highest BCUT2D eigenvalue weighted by molar-refractivity contribution is 5.25. The Bertz CT molecular complexity index is 348. The standard InChI is InChI=1S/C16H28N2O/c1-13(17-14(2)11-12-18(3)4)5-6-15-7-9-16(19)10-8-15/h7-10,13-14,17,19H,5-6,11-12H2,1-4H3. The topological polar surface area (TPSA) is 35.5 Å². The zero-order chi connectivity index (χ0) is 14.3. The van der Waals surface area contributed by atoms with E-state index in [4.69, 9.17) is 0 Å². The van der Waals surface area contributed by atoms with Gasteiger partial charge in [-0.25, -0.2) is 0 Å². The van der Waals surface area contributed by atoms with Crippen molar-refractivity contribution in [3.05, 3.63) is 29.8 Å². The molecule has 108 valence electrons. The molecule has 0 heterocycles. The predicted octanol–water partition coefficient (Wildman–Crippen LogP) is 2.64. The van der Waals surface area contributed by atoms with E-state index in [1.165, 1.54) is 12.0 Å². The summed E-state index contributed by atoms with van der Waals surface area (Å²) in [5, 5.41) is 12.9. The lowest BCUT2D eigenvalue weighted by atomic mass is 10.1. The Morgan fingerprint density at radius 2 is 1.63 bits per heavy atom. The van der Waals surface area contributed by atoms with E-state index in [0.29, 0.717) is 17.8 Å². The minimum Gasteiger partial charge on any atom is -0.508 e. The first-order valence-corrected chi connectivity index (χ1v) is 7.16. The van der Waals surface area contributed by atoms with Gasteiger partial charge in [-0.2, -0.15) is 0 Å². The van der Waals surface area contributed by atoms with Gasteiger partial charge in [0, 0.05) is 12.1 Å². The van der Waals surface area contributed by atoms with E-state index in [1.807, 2.05) is 12.1 Å². The second-order valence-electron chi connectivity index (χ2n) is 5.77. The van der Waals surface area contributed by atoms with Crippen molar-refractivity contribution in [2.75, 3.05) is 20.6 Å². The molecule has 0 aromatic heterocycles. The lowest BCUT2D eigenvalue weighted by Gasteiger charge is -2.21. The van der Waals surface area contributed by atoms with Crippen molar-refractivity contribution < 1.29 is 5.11 Å². The van der Waals surface area contributed by atoms with Gasteiger partial charge in [-0.15, -0.1) is 0 Å². The highest BCUT2D eigenvalue weighted by Gasteiger charge is 2.08. The zero-order valence-electron chi connectivity index (χ0n) is 12.7. The number of aromatic hydroxyl groups is 1. The molecule has 0 aliphatic rings. The van der Waals surface area contributed by atoms with Crippen molar-refractivity contribution in [1.82, 2.24) is 10.2 Å². The summed E-state index contributed by atoms with van der Waals surface area (Å²) in [5.41, 5.74) is 1.28. The van der Waals surface area contributed by atoms with Crippen LogP contribution in [0.1, 0.15) is 32.3 Å². The SMILES string of the molecule is CC(CCc1ccc(O)cc1)NC(C)CCN(C)C. The van der Waals surface area contributed by atoms with Crippen molar-refractivity contribution in [1.29, 1.82) is 0 Å². The summed E-state index contributed by atoms with van der Waals surface area (Å²) in [4.78, 5) is 2.22. The molecule has 1 aromatic carbocycles. The van der Waals surface area contributed by atoms with Crippen molar-refractivity contribution >= 4 is 0 Å². The van der Waals surface area contributed by atoms with Gasteiger partial charge in [0.15, 0.2) is 0 Å². The number of rotatable bonds is 8. The Hall–Kier alpha value is -1.06. The fourth-order valence-corrected chi connectivity index (χ4v) is 2.15. The summed E-state index contributed by atoms with van der Waals surface area (Å²) in [6.07, 6.45) is 3.35. The third kappa shape index (κ3) is 7.19. The van der Waals surface area contributed by atoms with Crippen LogP contribution in [0.2, 0.25) is 0 Å². The highest BCUT2D eigenvalue weighted by Crippen LogP contribution is 2.12. The molecule has 1 aromatic rings. The van der Waals surface area contributed by atoms with Gasteiger partial charge in [-0.05, 0) is 71.4 Å². The van der Waals surface area contributed by atoms with E-state index in [9.17, 15) is 5.11 Å². The largest absolute Gasteiger partial charge is 0.508 e. The lowest BCUT2D eigenvalue weighted by molar-refractivity contribution is 0.348. The number of hydrogen-bond donors (Lipinski definition) is 2. The highest BCUT2D eigenvalue weighted by atomic mass is 16.3. The molecule has 0 amide bonds. The van der Waals surface area contributed by atoms with E-state index in [0.717, 1.165) is 19.4 Å². The first-order chi connectivity index (χ1) is 8.97. The summed E-state index contributed by atoms with van der Waals surface area (Å²) in [7, 11) is 4.22. The second kappa shape index (κ2) is 8.18. The van der Waals surface area contributed by atoms with Crippen molar-refractivity contribution in [3.8, 4) is 5.75 Å². The molecular weight excluding hydrogens is 236 g/mol. The van der Waals surface area contributed by atoms with Gasteiger partial charge in [-0.1, -0.05) is 12.1 Å². The molecule has 0 fully saturated rings. The molecule has 0 aliphatic carbocycles. The molecule has 1 rings (SSSR count). The van der Waals surface area contributed by atoms with Gasteiger partial charge in [0.1, 0.15) is 5.75 Å². The fourth-order valence-electron chi connectivity index (χ4n) is 2.15. The number of nitrogens with one attached hydrogen (secondary N) is 1. The minimum atomic E-state index is 0.340. The molecular formula is C16H28N2O. The van der Waals surface area contributed by atoms with E-state index >= 15 is 0 Å². The molecule has 19 heavy (non-hydrogen) atoms. The van der Waals surface area contributed by atoms with Gasteiger partial charge in [-0.3, -0.25) is 0 Å². The Morgan fingerprint density at radius 1 is 1.05 bits per heavy atom. The number of aryl methyl sites for hydroxylation is 1. The maximum Gasteiger partial charge on any atom is 0.115 e. The number of hydrogen-bond acceptors (Lipinski definition) is 3. The molecule has 3 heteroatoms. The van der Waals surface area contributed by atoms with Crippen LogP contribution in [-0.2, 0) is 6.42 Å². The fraction of sp³-hybridized carbons (Fsp3) is 0.625. The normalized spacial score (nSPS) is 14.6. The Balaban J connectivity index is 2.23. The van der Waals surface area contributed by atoms with Gasteiger partial charge >= 0.3 is 0 Å². The molecule has 0 aliphatic heterocycles. The molecule has 2 N–H and O–H groups in total. The van der Waals surface area contributed by atoms with Crippen molar-refractivity contribution in [2.45, 2.75) is 45.2 Å². The lowest BCUT2D eigenvalue weighted by Crippen LogP contribution is -2.36. The van der Waals surface area contributed by atoms with Crippen molar-refractivity contribution in [3.63, 3.8) is 0 Å². The monoisotopic (exact) mass is 264 g/mol. The average Bonchev–Trinajstić information content (AvgIpc) is 2.36. The third-order valence-corrected chi connectivity index (χ3v) is 3.38. The van der Waals surface area contributed by atoms with Crippen LogP contribution >= 0.6 is 0 Å². The summed E-state index contributed by atoms with van der Waals surface area (Å²) in [6.45, 7) is 5.62. The van der Waals surface area contributed by atoms with Crippen LogP contribution in [0.15, 0.2) is 24.3 Å². The van der Waals surface area contributed by atoms with Crippen molar-refractivity contribution in [2.24, 2.45) is 0 Å². The molecule has 3 nitrogen and oxygen atoms in total. The molecule has 2 unspecified atom stereocenters. The number of nitrogens with zero attached hydrogens (tertiary/aromatic N) is 1. The minimum absolute atomic E-state index is 0.340. The summed E-state index contributed by atoms with van der Waals surface area (Å²) < 4.78 is 0. The van der Waals surface area contributed by atoms with E-state index in [-0.39, 0.29) is 0 Å². The number of phenols is 1. The summed E-state index contributed by atoms with van der Waals surface area (Å²) in [5.74, 6) is 0.340. The average molecular weight is 264 g/mol. The smallest absolute Gasteiger partial charge is 0.115 e. The molecule has 0 radical (unpaired) electrons. The number of benzene rings is 1. The predicted molar refractivity (Wildman–Crippen MR) is 81.7 cm³/mol. The summed E-state index contributed by atoms with van der Waals surface area (Å²) >= 11 is 0. The maximum absolute atomic E-state index is 9.24. The summed E-state index contributed by atoms with van der Waals surface area (Å²) in [6, 6.07) is 8.58. The Labute approximate surface area is 117 Å². The Kier molecular flexibility index (Phi) is 6.89. The second-order valence-corrected chi connectivity index (χ2v) is 5.77. The van der Waals surface area contributed by atoms with Crippen LogP contribution in [0.5, 0.6) is 5.75 Å². The van der Waals surface area contributed by atoms with Gasteiger partial charge in [0.05, 0.1) is 0 Å². The van der Waals surface area contributed by atoms with Crippen LogP contribution in [0.4, 0.5) is 0 Å². The maximum atomic E-state index is 9.24. The third-order valence-electron chi connectivity index (χ3n) is 3.38. The Morgan fingerprint density at radius 3 is 2.21 bits per heavy atom. The van der Waals surface area contributed by atoms with Crippen LogP contribution in [0.3, 0.4) is 0 Å². The first-order valence-electron chi connectivity index (χ1n) is 7.16. The van der Waals surface area contributed by atoms with E-state index in [1.54, 1.807) is 12.1 Å². The molecule has 0 spiro atoms. The van der Waals surface area contributed by atoms with Crippen LogP contribution in [0, 0.1) is 0 Å². The van der Waals surface area contributed by atoms with Crippen LogP contribution in [-0.4, -0.2) is 42.7 Å². The van der Waals surface area contributed by atoms with E-state index in [2.05, 4.69) is 38.2 Å². The quantitative estimate of drug-likeness (QED) is 0.757. The van der Waals surface area contributed by atoms with Crippen LogP contribution in [0.25, 0.3) is 0 Å². The first kappa shape index (κ1) is 16.0. The molecule has 0 bridgehead atoms. The van der Waals surface area contributed by atoms with Gasteiger partial charge < -0.3 is 15.3 Å². The van der Waals surface area contributed by atoms with E-state index < -0.39 is 0 Å².